The van der Waals surface area contributed by atoms with Crippen molar-refractivity contribution in [2.24, 2.45) is 0 Å². The van der Waals surface area contributed by atoms with E-state index < -0.39 is 10.0 Å². The maximum atomic E-state index is 12.4. The van der Waals surface area contributed by atoms with Crippen LogP contribution in [-0.4, -0.2) is 26.4 Å². The maximum absolute atomic E-state index is 12.4. The van der Waals surface area contributed by atoms with E-state index in [1.54, 1.807) is 12.3 Å². The Labute approximate surface area is 139 Å². The van der Waals surface area contributed by atoms with Gasteiger partial charge in [-0.15, -0.1) is 0 Å². The van der Waals surface area contributed by atoms with E-state index >= 15 is 0 Å². The molecule has 0 fully saturated rings. The quantitative estimate of drug-likeness (QED) is 0.763. The summed E-state index contributed by atoms with van der Waals surface area (Å²) >= 11 is 0. The molecule has 0 aliphatic rings. The lowest BCUT2D eigenvalue weighted by atomic mass is 10.1. The molecule has 1 heterocycles. The lowest BCUT2D eigenvalue weighted by molar-refractivity contribution is 0.102. The van der Waals surface area contributed by atoms with Crippen LogP contribution in [0.1, 0.15) is 10.4 Å². The van der Waals surface area contributed by atoms with Gasteiger partial charge in [0.25, 0.3) is 5.91 Å². The van der Waals surface area contributed by atoms with Crippen LogP contribution in [0, 0.1) is 0 Å². The molecule has 0 bridgehead atoms. The molecule has 3 aromatic rings. The SMILES string of the molecule is CNS(=O)(=O)c1ccc(C(=O)Nc2cccc3cccnc23)cc1. The summed E-state index contributed by atoms with van der Waals surface area (Å²) in [6.45, 7) is 0. The number of anilines is 1. The third kappa shape index (κ3) is 3.12. The Hall–Kier alpha value is -2.77. The third-order valence-electron chi connectivity index (χ3n) is 3.58. The van der Waals surface area contributed by atoms with E-state index in [4.69, 9.17) is 0 Å². The Kier molecular flexibility index (Phi) is 4.28. The van der Waals surface area contributed by atoms with E-state index in [1.165, 1.54) is 31.3 Å². The fourth-order valence-corrected chi connectivity index (χ4v) is 3.03. The van der Waals surface area contributed by atoms with E-state index in [-0.39, 0.29) is 10.8 Å². The Morgan fingerprint density at radius 3 is 2.42 bits per heavy atom. The van der Waals surface area contributed by atoms with Crippen molar-refractivity contribution in [3.05, 3.63) is 66.4 Å². The van der Waals surface area contributed by atoms with E-state index in [0.29, 0.717) is 16.8 Å². The van der Waals surface area contributed by atoms with Crippen LogP contribution in [0.2, 0.25) is 0 Å². The predicted octanol–water partition coefficient (Wildman–Crippen LogP) is 2.40. The first-order valence-electron chi connectivity index (χ1n) is 7.20. The highest BCUT2D eigenvalue weighted by Crippen LogP contribution is 2.21. The summed E-state index contributed by atoms with van der Waals surface area (Å²) in [6, 6.07) is 15.0. The summed E-state index contributed by atoms with van der Waals surface area (Å²) in [7, 11) is -2.18. The minimum Gasteiger partial charge on any atom is -0.320 e. The summed E-state index contributed by atoms with van der Waals surface area (Å²) in [4.78, 5) is 16.8. The van der Waals surface area contributed by atoms with Crippen LogP contribution in [0.5, 0.6) is 0 Å². The summed E-state index contributed by atoms with van der Waals surface area (Å²) in [6.07, 6.45) is 1.66. The number of hydrogen-bond donors (Lipinski definition) is 2. The minimum absolute atomic E-state index is 0.105. The molecule has 0 spiro atoms. The number of nitrogens with one attached hydrogen (secondary N) is 2. The molecular formula is C17H15N3O3S. The number of para-hydroxylation sites is 1. The number of carbonyl (C=O) groups excluding carboxylic acids is 1. The number of pyridine rings is 1. The zero-order valence-electron chi connectivity index (χ0n) is 12.9. The van der Waals surface area contributed by atoms with Crippen LogP contribution in [-0.2, 0) is 10.0 Å². The Balaban J connectivity index is 1.87. The lowest BCUT2D eigenvalue weighted by Gasteiger charge is -2.08. The van der Waals surface area contributed by atoms with E-state index in [2.05, 4.69) is 15.0 Å². The summed E-state index contributed by atoms with van der Waals surface area (Å²) in [5, 5.41) is 3.73. The van der Waals surface area contributed by atoms with Gasteiger partial charge < -0.3 is 5.32 Å². The molecule has 2 N–H and O–H groups in total. The smallest absolute Gasteiger partial charge is 0.255 e. The van der Waals surface area contributed by atoms with Crippen LogP contribution in [0.3, 0.4) is 0 Å². The molecule has 24 heavy (non-hydrogen) atoms. The number of carbonyl (C=O) groups is 1. The van der Waals surface area contributed by atoms with Gasteiger partial charge in [-0.25, -0.2) is 13.1 Å². The molecule has 0 aliphatic heterocycles. The molecule has 0 aliphatic carbocycles. The van der Waals surface area contributed by atoms with E-state index in [1.807, 2.05) is 24.3 Å². The monoisotopic (exact) mass is 341 g/mol. The number of hydrogen-bond acceptors (Lipinski definition) is 4. The van der Waals surface area contributed by atoms with E-state index in [0.717, 1.165) is 5.39 Å². The largest absolute Gasteiger partial charge is 0.320 e. The van der Waals surface area contributed by atoms with Crippen molar-refractivity contribution in [1.29, 1.82) is 0 Å². The van der Waals surface area contributed by atoms with Gasteiger partial charge in [-0.3, -0.25) is 9.78 Å². The first-order chi connectivity index (χ1) is 11.5. The van der Waals surface area contributed by atoms with Crippen molar-refractivity contribution < 1.29 is 13.2 Å². The fraction of sp³-hybridized carbons (Fsp3) is 0.0588. The van der Waals surface area contributed by atoms with Crippen molar-refractivity contribution in [2.45, 2.75) is 4.90 Å². The summed E-state index contributed by atoms with van der Waals surface area (Å²) in [5.74, 6) is -0.332. The van der Waals surface area contributed by atoms with Crippen LogP contribution >= 0.6 is 0 Å². The van der Waals surface area contributed by atoms with Crippen LogP contribution < -0.4 is 10.0 Å². The highest BCUT2D eigenvalue weighted by Gasteiger charge is 2.13. The molecule has 0 atom stereocenters. The molecular weight excluding hydrogens is 326 g/mol. The minimum atomic E-state index is -3.52. The van der Waals surface area contributed by atoms with Gasteiger partial charge in [-0.2, -0.15) is 0 Å². The second-order valence-electron chi connectivity index (χ2n) is 5.07. The third-order valence-corrected chi connectivity index (χ3v) is 5.01. The van der Waals surface area contributed by atoms with Gasteiger partial charge >= 0.3 is 0 Å². The average molecular weight is 341 g/mol. The standard InChI is InChI=1S/C17H15N3O3S/c1-18-24(22,23)14-9-7-13(8-10-14)17(21)20-15-6-2-4-12-5-3-11-19-16(12)15/h2-11,18H,1H3,(H,20,21). The zero-order chi connectivity index (χ0) is 17.2. The molecule has 0 radical (unpaired) electrons. The van der Waals surface area contributed by atoms with Crippen molar-refractivity contribution in [2.75, 3.05) is 12.4 Å². The molecule has 1 aromatic heterocycles. The number of fused-ring (bicyclic) bond motifs is 1. The number of sulfonamides is 1. The van der Waals surface area contributed by atoms with Gasteiger partial charge in [0.1, 0.15) is 0 Å². The topological polar surface area (TPSA) is 88.2 Å². The Morgan fingerprint density at radius 2 is 1.71 bits per heavy atom. The van der Waals surface area contributed by atoms with E-state index in [9.17, 15) is 13.2 Å². The zero-order valence-corrected chi connectivity index (χ0v) is 13.7. The molecule has 6 nitrogen and oxygen atoms in total. The number of benzene rings is 2. The second-order valence-corrected chi connectivity index (χ2v) is 6.95. The van der Waals surface area contributed by atoms with Crippen molar-refractivity contribution in [3.8, 4) is 0 Å². The fourth-order valence-electron chi connectivity index (χ4n) is 2.30. The van der Waals surface area contributed by atoms with Crippen molar-refractivity contribution in [1.82, 2.24) is 9.71 Å². The molecule has 1 amide bonds. The number of amides is 1. The van der Waals surface area contributed by atoms with Gasteiger partial charge in [0.05, 0.1) is 16.1 Å². The predicted molar refractivity (Wildman–Crippen MR) is 92.4 cm³/mol. The number of aromatic nitrogens is 1. The first-order valence-corrected chi connectivity index (χ1v) is 8.68. The molecule has 2 aromatic carbocycles. The Bertz CT molecular complexity index is 994. The average Bonchev–Trinajstić information content (AvgIpc) is 2.62. The second kappa shape index (κ2) is 6.38. The van der Waals surface area contributed by atoms with Crippen LogP contribution in [0.25, 0.3) is 10.9 Å². The summed E-state index contributed by atoms with van der Waals surface area (Å²) < 4.78 is 25.6. The van der Waals surface area contributed by atoms with Gasteiger partial charge in [0, 0.05) is 17.1 Å². The van der Waals surface area contributed by atoms with Crippen LogP contribution in [0.15, 0.2) is 65.7 Å². The van der Waals surface area contributed by atoms with Crippen molar-refractivity contribution >= 4 is 32.5 Å². The molecule has 3 rings (SSSR count). The molecule has 7 heteroatoms. The lowest BCUT2D eigenvalue weighted by Crippen LogP contribution is -2.19. The van der Waals surface area contributed by atoms with Crippen molar-refractivity contribution in [3.63, 3.8) is 0 Å². The molecule has 0 saturated carbocycles. The highest BCUT2D eigenvalue weighted by atomic mass is 32.2. The number of rotatable bonds is 4. The van der Waals surface area contributed by atoms with Gasteiger partial charge in [-0.05, 0) is 43.4 Å². The Morgan fingerprint density at radius 1 is 1.00 bits per heavy atom. The van der Waals surface area contributed by atoms with Crippen LogP contribution in [0.4, 0.5) is 5.69 Å². The maximum Gasteiger partial charge on any atom is 0.255 e. The molecule has 0 saturated heterocycles. The highest BCUT2D eigenvalue weighted by molar-refractivity contribution is 7.89. The first kappa shape index (κ1) is 16.1. The number of nitrogens with zero attached hydrogens (tertiary/aromatic N) is 1. The normalized spacial score (nSPS) is 11.4. The van der Waals surface area contributed by atoms with Gasteiger partial charge in [-0.1, -0.05) is 18.2 Å². The van der Waals surface area contributed by atoms with Gasteiger partial charge in [0.15, 0.2) is 0 Å². The summed E-state index contributed by atoms with van der Waals surface area (Å²) in [5.41, 5.74) is 1.66. The van der Waals surface area contributed by atoms with Gasteiger partial charge in [0.2, 0.25) is 10.0 Å². The molecule has 122 valence electrons. The molecule has 0 unspecified atom stereocenters.